The van der Waals surface area contributed by atoms with Crippen molar-refractivity contribution in [2.45, 2.75) is 24.0 Å². The Morgan fingerprint density at radius 1 is 1.19 bits per heavy atom. The number of aromatic nitrogens is 4. The number of rotatable bonds is 6. The number of thioether (sulfide) groups is 1. The number of carbonyl (C=O) groups excluding carboxylic acids is 1. The molecule has 0 aliphatic carbocycles. The summed E-state index contributed by atoms with van der Waals surface area (Å²) in [6.07, 6.45) is 3.66. The molecule has 1 saturated heterocycles. The molecule has 1 fully saturated rings. The molecule has 31 heavy (non-hydrogen) atoms. The Morgan fingerprint density at radius 3 is 2.55 bits per heavy atom. The summed E-state index contributed by atoms with van der Waals surface area (Å²) in [6, 6.07) is 9.47. The van der Waals surface area contributed by atoms with Crippen LogP contribution < -0.4 is 5.32 Å². The molecule has 0 radical (unpaired) electrons. The molecular weight excluding hydrogens is 441 g/mol. The van der Waals surface area contributed by atoms with Crippen molar-refractivity contribution < 1.29 is 17.6 Å². The highest BCUT2D eigenvalue weighted by molar-refractivity contribution is 7.99. The van der Waals surface area contributed by atoms with Crippen molar-refractivity contribution in [3.8, 4) is 17.1 Å². The van der Waals surface area contributed by atoms with E-state index in [9.17, 15) is 17.6 Å². The summed E-state index contributed by atoms with van der Waals surface area (Å²) in [5.41, 5.74) is 0.658. The number of nitrogens with one attached hydrogen (secondary N) is 1. The summed E-state index contributed by atoms with van der Waals surface area (Å²) in [4.78, 5) is 16.5. The molecule has 1 N–H and O–H groups in total. The molecule has 1 aliphatic heterocycles. The number of hydrogen-bond acceptors (Lipinski definition) is 7. The normalized spacial score (nSPS) is 19.9. The van der Waals surface area contributed by atoms with Crippen LogP contribution in [0.5, 0.6) is 0 Å². The molecule has 0 bridgehead atoms. The van der Waals surface area contributed by atoms with Gasteiger partial charge in [0, 0.05) is 23.6 Å². The first kappa shape index (κ1) is 21.4. The average Bonchev–Trinajstić information content (AvgIpc) is 3.27. The van der Waals surface area contributed by atoms with E-state index in [1.54, 1.807) is 48.1 Å². The van der Waals surface area contributed by atoms with Gasteiger partial charge in [0.1, 0.15) is 5.82 Å². The Morgan fingerprint density at radius 2 is 1.90 bits per heavy atom. The summed E-state index contributed by atoms with van der Waals surface area (Å²) in [7, 11) is -3.12. The molecule has 8 nitrogen and oxygen atoms in total. The molecule has 0 saturated carbocycles. The van der Waals surface area contributed by atoms with Crippen LogP contribution in [0.3, 0.4) is 0 Å². The minimum atomic E-state index is -3.12. The third-order valence-electron chi connectivity index (χ3n) is 4.93. The third kappa shape index (κ3) is 4.93. The van der Waals surface area contributed by atoms with Crippen LogP contribution in [0.25, 0.3) is 17.1 Å². The number of pyridine rings is 1. The summed E-state index contributed by atoms with van der Waals surface area (Å²) in [5, 5.41) is 11.8. The van der Waals surface area contributed by atoms with Gasteiger partial charge in [-0.25, -0.2) is 12.8 Å². The summed E-state index contributed by atoms with van der Waals surface area (Å²) in [5.74, 6) is -0.0739. The van der Waals surface area contributed by atoms with Gasteiger partial charge in [0.25, 0.3) is 0 Å². The second-order valence-electron chi connectivity index (χ2n) is 7.59. The standard InChI is InChI=1S/C20H20FN5O3S2/c1-20(8-11-31(28,29)13-20)23-17(27)12-30-19-25-24-18(14-6-9-22-10-7-14)26(19)16-4-2-15(21)3-5-16/h2-7,9-10H,8,11-13H2,1H3,(H,23,27). The van der Waals surface area contributed by atoms with Gasteiger partial charge < -0.3 is 5.32 Å². The molecule has 1 aliphatic rings. The van der Waals surface area contributed by atoms with Gasteiger partial charge >= 0.3 is 0 Å². The topological polar surface area (TPSA) is 107 Å². The van der Waals surface area contributed by atoms with E-state index in [2.05, 4.69) is 20.5 Å². The summed E-state index contributed by atoms with van der Waals surface area (Å²) < 4.78 is 38.7. The minimum absolute atomic E-state index is 0.0330. The molecule has 0 spiro atoms. The van der Waals surface area contributed by atoms with E-state index in [0.29, 0.717) is 23.1 Å². The van der Waals surface area contributed by atoms with E-state index in [4.69, 9.17) is 0 Å². The van der Waals surface area contributed by atoms with Crippen LogP contribution in [0.2, 0.25) is 0 Å². The van der Waals surface area contributed by atoms with Gasteiger partial charge in [0.15, 0.2) is 20.8 Å². The number of halogens is 1. The number of benzene rings is 1. The van der Waals surface area contributed by atoms with Crippen LogP contribution in [0.4, 0.5) is 4.39 Å². The van der Waals surface area contributed by atoms with Crippen LogP contribution >= 0.6 is 11.8 Å². The lowest BCUT2D eigenvalue weighted by atomic mass is 10.0. The van der Waals surface area contributed by atoms with E-state index in [1.807, 2.05) is 0 Å². The molecule has 11 heteroatoms. The molecule has 1 amide bonds. The monoisotopic (exact) mass is 461 g/mol. The first-order chi connectivity index (χ1) is 14.7. The van der Waals surface area contributed by atoms with E-state index < -0.39 is 15.4 Å². The number of sulfone groups is 1. The van der Waals surface area contributed by atoms with Crippen LogP contribution in [0, 0.1) is 5.82 Å². The van der Waals surface area contributed by atoms with Crippen LogP contribution in [-0.2, 0) is 14.6 Å². The fraction of sp³-hybridized carbons (Fsp3) is 0.300. The molecule has 1 aromatic carbocycles. The number of nitrogens with zero attached hydrogens (tertiary/aromatic N) is 4. The largest absolute Gasteiger partial charge is 0.349 e. The van der Waals surface area contributed by atoms with Gasteiger partial charge in [0.2, 0.25) is 5.91 Å². The van der Waals surface area contributed by atoms with Gasteiger partial charge in [0.05, 0.1) is 22.8 Å². The van der Waals surface area contributed by atoms with Crippen molar-refractivity contribution >= 4 is 27.5 Å². The van der Waals surface area contributed by atoms with E-state index in [1.165, 1.54) is 23.9 Å². The Bertz CT molecular complexity index is 1200. The Kier molecular flexibility index (Phi) is 5.80. The maximum atomic E-state index is 13.4. The van der Waals surface area contributed by atoms with Crippen LogP contribution in [0.1, 0.15) is 13.3 Å². The van der Waals surface area contributed by atoms with Crippen molar-refractivity contribution in [2.24, 2.45) is 0 Å². The molecular formula is C20H20FN5O3S2. The SMILES string of the molecule is CC1(NC(=O)CSc2nnc(-c3ccncc3)n2-c2ccc(F)cc2)CCS(=O)(=O)C1. The maximum Gasteiger partial charge on any atom is 0.230 e. The van der Waals surface area contributed by atoms with E-state index in [0.717, 1.165) is 5.56 Å². The van der Waals surface area contributed by atoms with Crippen molar-refractivity contribution in [1.82, 2.24) is 25.1 Å². The molecule has 1 atom stereocenters. The average molecular weight is 462 g/mol. The fourth-order valence-electron chi connectivity index (χ4n) is 3.49. The maximum absolute atomic E-state index is 13.4. The second-order valence-corrected chi connectivity index (χ2v) is 10.7. The zero-order valence-corrected chi connectivity index (χ0v) is 18.3. The van der Waals surface area contributed by atoms with Crippen molar-refractivity contribution in [1.29, 1.82) is 0 Å². The molecule has 2 aromatic heterocycles. The molecule has 162 valence electrons. The lowest BCUT2D eigenvalue weighted by molar-refractivity contribution is -0.120. The van der Waals surface area contributed by atoms with E-state index in [-0.39, 0.29) is 29.0 Å². The highest BCUT2D eigenvalue weighted by Gasteiger charge is 2.39. The smallest absolute Gasteiger partial charge is 0.230 e. The quantitative estimate of drug-likeness (QED) is 0.561. The van der Waals surface area contributed by atoms with Crippen molar-refractivity contribution in [3.05, 3.63) is 54.6 Å². The zero-order valence-electron chi connectivity index (χ0n) is 16.7. The summed E-state index contributed by atoms with van der Waals surface area (Å²) >= 11 is 1.17. The Balaban J connectivity index is 1.56. The molecule has 4 rings (SSSR count). The third-order valence-corrected chi connectivity index (χ3v) is 7.77. The van der Waals surface area contributed by atoms with Crippen LogP contribution in [0.15, 0.2) is 53.9 Å². The minimum Gasteiger partial charge on any atom is -0.349 e. The predicted octanol–water partition coefficient (Wildman–Crippen LogP) is 2.25. The van der Waals surface area contributed by atoms with Gasteiger partial charge in [-0.1, -0.05) is 11.8 Å². The van der Waals surface area contributed by atoms with Crippen molar-refractivity contribution in [3.63, 3.8) is 0 Å². The van der Waals surface area contributed by atoms with Gasteiger partial charge in [-0.05, 0) is 49.7 Å². The molecule has 1 unspecified atom stereocenters. The highest BCUT2D eigenvalue weighted by atomic mass is 32.2. The lowest BCUT2D eigenvalue weighted by Crippen LogP contribution is -2.47. The number of amides is 1. The number of carbonyl (C=O) groups is 1. The summed E-state index contributed by atoms with van der Waals surface area (Å²) in [6.45, 7) is 1.74. The first-order valence-electron chi connectivity index (χ1n) is 9.51. The Labute approximate surface area is 183 Å². The van der Waals surface area contributed by atoms with Crippen molar-refractivity contribution in [2.75, 3.05) is 17.3 Å². The fourth-order valence-corrected chi connectivity index (χ4v) is 6.33. The Hall–Kier alpha value is -2.79. The molecule has 3 aromatic rings. The van der Waals surface area contributed by atoms with Gasteiger partial charge in [-0.2, -0.15) is 0 Å². The molecule has 3 heterocycles. The zero-order chi connectivity index (χ0) is 22.1. The second kappa shape index (κ2) is 8.39. The lowest BCUT2D eigenvalue weighted by Gasteiger charge is -2.23. The van der Waals surface area contributed by atoms with Gasteiger partial charge in [-0.3, -0.25) is 14.3 Å². The highest BCUT2D eigenvalue weighted by Crippen LogP contribution is 2.28. The van der Waals surface area contributed by atoms with Gasteiger partial charge in [-0.15, -0.1) is 10.2 Å². The first-order valence-corrected chi connectivity index (χ1v) is 12.3. The predicted molar refractivity (Wildman–Crippen MR) is 115 cm³/mol. The number of hydrogen-bond donors (Lipinski definition) is 1. The van der Waals surface area contributed by atoms with Crippen LogP contribution in [-0.4, -0.2) is 56.9 Å². The van der Waals surface area contributed by atoms with E-state index >= 15 is 0 Å².